The van der Waals surface area contributed by atoms with Crippen molar-refractivity contribution >= 4 is 16.5 Å². The van der Waals surface area contributed by atoms with Crippen LogP contribution in [0.1, 0.15) is 43.7 Å². The minimum atomic E-state index is 0.607. The molecule has 20 heavy (non-hydrogen) atoms. The van der Waals surface area contributed by atoms with Gasteiger partial charge in [-0.1, -0.05) is 13.8 Å². The van der Waals surface area contributed by atoms with Crippen LogP contribution in [-0.2, 0) is 17.9 Å². The Kier molecular flexibility index (Phi) is 5.81. The van der Waals surface area contributed by atoms with Gasteiger partial charge >= 0.3 is 0 Å². The summed E-state index contributed by atoms with van der Waals surface area (Å²) in [6.07, 6.45) is 3.84. The fraction of sp³-hybridized carbons (Fsp3) is 0.800. The van der Waals surface area contributed by atoms with Gasteiger partial charge in [-0.25, -0.2) is 4.98 Å². The number of hydrogen-bond acceptors (Lipinski definition) is 5. The van der Waals surface area contributed by atoms with E-state index in [1.54, 1.807) is 18.4 Å². The molecule has 1 fully saturated rings. The smallest absolute Gasteiger partial charge is 0.185 e. The summed E-state index contributed by atoms with van der Waals surface area (Å²) in [6.45, 7) is 7.12. The Morgan fingerprint density at radius 1 is 1.45 bits per heavy atom. The van der Waals surface area contributed by atoms with Gasteiger partial charge in [0.1, 0.15) is 0 Å². The predicted octanol–water partition coefficient (Wildman–Crippen LogP) is 3.02. The predicted molar refractivity (Wildman–Crippen MR) is 85.4 cm³/mol. The highest BCUT2D eigenvalue weighted by molar-refractivity contribution is 7.15. The standard InChI is InChI=1S/C15H27N3OS/c1-11(2)7-8-18(3)15-17-13(10-19-4)14(20-15)9-16-12-5-6-12/h11-12,16H,5-10H2,1-4H3. The number of nitrogens with zero attached hydrogens (tertiary/aromatic N) is 2. The number of methoxy groups -OCH3 is 1. The lowest BCUT2D eigenvalue weighted by molar-refractivity contribution is 0.181. The van der Waals surface area contributed by atoms with Crippen molar-refractivity contribution in [2.75, 3.05) is 25.6 Å². The number of hydrogen-bond donors (Lipinski definition) is 1. The zero-order valence-corrected chi connectivity index (χ0v) is 13.9. The van der Waals surface area contributed by atoms with Crippen LogP contribution < -0.4 is 10.2 Å². The summed E-state index contributed by atoms with van der Waals surface area (Å²) in [5.41, 5.74) is 1.09. The zero-order chi connectivity index (χ0) is 14.5. The van der Waals surface area contributed by atoms with Crippen molar-refractivity contribution in [3.8, 4) is 0 Å². The van der Waals surface area contributed by atoms with Crippen LogP contribution in [0.3, 0.4) is 0 Å². The van der Waals surface area contributed by atoms with Crippen molar-refractivity contribution in [2.24, 2.45) is 5.92 Å². The van der Waals surface area contributed by atoms with E-state index in [9.17, 15) is 0 Å². The SMILES string of the molecule is COCc1nc(N(C)CCC(C)C)sc1CNC1CC1. The molecule has 0 aromatic carbocycles. The molecule has 0 saturated heterocycles. The highest BCUT2D eigenvalue weighted by Gasteiger charge is 2.22. The van der Waals surface area contributed by atoms with Gasteiger partial charge < -0.3 is 15.0 Å². The second-order valence-electron chi connectivity index (χ2n) is 6.06. The highest BCUT2D eigenvalue weighted by Crippen LogP contribution is 2.28. The molecule has 1 saturated carbocycles. The highest BCUT2D eigenvalue weighted by atomic mass is 32.1. The summed E-state index contributed by atoms with van der Waals surface area (Å²) in [5.74, 6) is 0.729. The van der Waals surface area contributed by atoms with E-state index in [2.05, 4.69) is 31.1 Å². The van der Waals surface area contributed by atoms with Crippen LogP contribution in [0.2, 0.25) is 0 Å². The van der Waals surface area contributed by atoms with E-state index < -0.39 is 0 Å². The monoisotopic (exact) mass is 297 g/mol. The van der Waals surface area contributed by atoms with Crippen LogP contribution in [0, 0.1) is 5.92 Å². The van der Waals surface area contributed by atoms with E-state index in [0.29, 0.717) is 6.61 Å². The number of nitrogens with one attached hydrogen (secondary N) is 1. The molecule has 114 valence electrons. The Morgan fingerprint density at radius 3 is 2.80 bits per heavy atom. The number of anilines is 1. The van der Waals surface area contributed by atoms with Crippen molar-refractivity contribution in [1.29, 1.82) is 0 Å². The summed E-state index contributed by atoms with van der Waals surface area (Å²) in [5, 5.41) is 4.69. The molecule has 0 radical (unpaired) electrons. The first-order valence-corrected chi connectivity index (χ1v) is 8.33. The molecule has 1 aromatic rings. The number of aromatic nitrogens is 1. The third kappa shape index (κ3) is 4.72. The number of rotatable bonds is 9. The Morgan fingerprint density at radius 2 is 2.20 bits per heavy atom. The second kappa shape index (κ2) is 7.38. The summed E-state index contributed by atoms with van der Waals surface area (Å²) < 4.78 is 5.28. The van der Waals surface area contributed by atoms with E-state index in [0.717, 1.165) is 35.9 Å². The molecule has 1 N–H and O–H groups in total. The summed E-state index contributed by atoms with van der Waals surface area (Å²) in [7, 11) is 3.87. The van der Waals surface area contributed by atoms with E-state index in [-0.39, 0.29) is 0 Å². The van der Waals surface area contributed by atoms with Crippen LogP contribution in [0.4, 0.5) is 5.13 Å². The molecule has 1 aliphatic carbocycles. The maximum absolute atomic E-state index is 5.28. The molecule has 0 unspecified atom stereocenters. The molecule has 5 heteroatoms. The quantitative estimate of drug-likeness (QED) is 0.760. The minimum absolute atomic E-state index is 0.607. The van der Waals surface area contributed by atoms with Crippen LogP contribution in [-0.4, -0.2) is 31.7 Å². The lowest BCUT2D eigenvalue weighted by atomic mass is 10.1. The molecular formula is C15H27N3OS. The second-order valence-corrected chi connectivity index (χ2v) is 7.12. The number of thiazole rings is 1. The summed E-state index contributed by atoms with van der Waals surface area (Å²) in [6, 6.07) is 0.731. The van der Waals surface area contributed by atoms with Gasteiger partial charge in [0.15, 0.2) is 5.13 Å². The molecule has 0 atom stereocenters. The maximum atomic E-state index is 5.28. The molecule has 4 nitrogen and oxygen atoms in total. The van der Waals surface area contributed by atoms with Gasteiger partial charge in [-0.3, -0.25) is 0 Å². The molecule has 1 heterocycles. The molecule has 1 aromatic heterocycles. The molecular weight excluding hydrogens is 270 g/mol. The molecule has 1 aliphatic rings. The topological polar surface area (TPSA) is 37.4 Å². The molecule has 0 amide bonds. The van der Waals surface area contributed by atoms with E-state index in [1.807, 2.05) is 0 Å². The fourth-order valence-electron chi connectivity index (χ4n) is 1.99. The molecule has 2 rings (SSSR count). The van der Waals surface area contributed by atoms with Crippen molar-refractivity contribution < 1.29 is 4.74 Å². The zero-order valence-electron chi connectivity index (χ0n) is 13.1. The van der Waals surface area contributed by atoms with Gasteiger partial charge in [-0.15, -0.1) is 11.3 Å². The third-order valence-electron chi connectivity index (χ3n) is 3.55. The van der Waals surface area contributed by atoms with E-state index in [1.165, 1.54) is 24.1 Å². The van der Waals surface area contributed by atoms with Crippen molar-refractivity contribution in [3.63, 3.8) is 0 Å². The Labute approximate surface area is 126 Å². The first kappa shape index (κ1) is 15.7. The molecule has 0 bridgehead atoms. The number of ether oxygens (including phenoxy) is 1. The van der Waals surface area contributed by atoms with Gasteiger partial charge in [0.2, 0.25) is 0 Å². The summed E-state index contributed by atoms with van der Waals surface area (Å²) >= 11 is 1.80. The average molecular weight is 297 g/mol. The largest absolute Gasteiger partial charge is 0.378 e. The van der Waals surface area contributed by atoms with Crippen molar-refractivity contribution in [2.45, 2.75) is 52.3 Å². The van der Waals surface area contributed by atoms with Crippen molar-refractivity contribution in [1.82, 2.24) is 10.3 Å². The van der Waals surface area contributed by atoms with Crippen LogP contribution in [0.15, 0.2) is 0 Å². The van der Waals surface area contributed by atoms with Gasteiger partial charge in [0.25, 0.3) is 0 Å². The van der Waals surface area contributed by atoms with Crippen LogP contribution in [0.5, 0.6) is 0 Å². The fourth-order valence-corrected chi connectivity index (χ4v) is 2.99. The maximum Gasteiger partial charge on any atom is 0.185 e. The van der Waals surface area contributed by atoms with Gasteiger partial charge in [-0.05, 0) is 25.2 Å². The van der Waals surface area contributed by atoms with Crippen LogP contribution >= 0.6 is 11.3 Å². The molecule has 0 aliphatic heterocycles. The minimum Gasteiger partial charge on any atom is -0.378 e. The molecule has 0 spiro atoms. The van der Waals surface area contributed by atoms with E-state index in [4.69, 9.17) is 9.72 Å². The Balaban J connectivity index is 1.98. The normalized spacial score (nSPS) is 15.1. The van der Waals surface area contributed by atoms with Gasteiger partial charge in [0.05, 0.1) is 12.3 Å². The average Bonchev–Trinajstić information content (AvgIpc) is 3.15. The van der Waals surface area contributed by atoms with Crippen LogP contribution in [0.25, 0.3) is 0 Å². The lowest BCUT2D eigenvalue weighted by Crippen LogP contribution is -2.19. The first-order valence-electron chi connectivity index (χ1n) is 7.52. The Bertz CT molecular complexity index is 415. The van der Waals surface area contributed by atoms with E-state index >= 15 is 0 Å². The first-order chi connectivity index (χ1) is 9.60. The third-order valence-corrected chi connectivity index (χ3v) is 4.76. The Hall–Kier alpha value is -0.650. The lowest BCUT2D eigenvalue weighted by Gasteiger charge is -2.16. The summed E-state index contributed by atoms with van der Waals surface area (Å²) in [4.78, 5) is 8.35. The van der Waals surface area contributed by atoms with Gasteiger partial charge in [-0.2, -0.15) is 0 Å². The van der Waals surface area contributed by atoms with Crippen molar-refractivity contribution in [3.05, 3.63) is 10.6 Å². The van der Waals surface area contributed by atoms with Gasteiger partial charge in [0, 0.05) is 38.2 Å².